The third-order valence-corrected chi connectivity index (χ3v) is 4.53. The average Bonchev–Trinajstić information content (AvgIpc) is 2.34. The van der Waals surface area contributed by atoms with Gasteiger partial charge >= 0.3 is 5.97 Å². The summed E-state index contributed by atoms with van der Waals surface area (Å²) in [6.45, 7) is 0. The summed E-state index contributed by atoms with van der Waals surface area (Å²) in [6.07, 6.45) is 0. The third-order valence-electron chi connectivity index (χ3n) is 2.73. The van der Waals surface area contributed by atoms with Gasteiger partial charge in [-0.3, -0.25) is 9.11 Å². The Morgan fingerprint density at radius 3 is 1.95 bits per heavy atom. The summed E-state index contributed by atoms with van der Waals surface area (Å²) in [4.78, 5) is 9.50. The predicted molar refractivity (Wildman–Crippen MR) is 70.5 cm³/mol. The van der Waals surface area contributed by atoms with Crippen molar-refractivity contribution >= 4 is 37.0 Å². The van der Waals surface area contributed by atoms with Gasteiger partial charge in [0.05, 0.1) is 5.56 Å². The molecule has 0 aliphatic heterocycles. The molecule has 2 aromatic rings. The van der Waals surface area contributed by atoms with Crippen LogP contribution in [0, 0.1) is 0 Å². The van der Waals surface area contributed by atoms with Crippen LogP contribution >= 0.6 is 0 Å². The summed E-state index contributed by atoms with van der Waals surface area (Å²) < 4.78 is 63.2. The van der Waals surface area contributed by atoms with E-state index in [1.54, 1.807) is 0 Å². The fraction of sp³-hybridized carbons (Fsp3) is 0. The average molecular weight is 332 g/mol. The summed E-state index contributed by atoms with van der Waals surface area (Å²) >= 11 is 0. The van der Waals surface area contributed by atoms with Gasteiger partial charge in [-0.25, -0.2) is 4.79 Å². The Hall–Kier alpha value is -2.01. The van der Waals surface area contributed by atoms with Crippen LogP contribution in [0.5, 0.6) is 0 Å². The zero-order valence-electron chi connectivity index (χ0n) is 10.1. The first-order valence-corrected chi connectivity index (χ1v) is 8.15. The summed E-state index contributed by atoms with van der Waals surface area (Å²) in [5.41, 5.74) is -0.711. The Labute approximate surface area is 119 Å². The van der Waals surface area contributed by atoms with Gasteiger partial charge in [-0.1, -0.05) is 12.1 Å². The Morgan fingerprint density at radius 2 is 1.48 bits per heavy atom. The lowest BCUT2D eigenvalue weighted by atomic mass is 10.1. The molecule has 0 unspecified atom stereocenters. The van der Waals surface area contributed by atoms with E-state index in [2.05, 4.69) is 0 Å². The van der Waals surface area contributed by atoms with E-state index in [0.717, 1.165) is 12.1 Å². The van der Waals surface area contributed by atoms with Crippen LogP contribution in [0.2, 0.25) is 0 Å². The van der Waals surface area contributed by atoms with E-state index in [0.29, 0.717) is 6.07 Å². The van der Waals surface area contributed by atoms with E-state index in [-0.39, 0.29) is 10.8 Å². The van der Waals surface area contributed by atoms with Crippen molar-refractivity contribution in [1.82, 2.24) is 0 Å². The summed E-state index contributed by atoms with van der Waals surface area (Å²) in [6, 6.07) is 5.20. The van der Waals surface area contributed by atoms with Gasteiger partial charge in [-0.05, 0) is 23.6 Å². The molecule has 112 valence electrons. The molecule has 0 fully saturated rings. The Balaban J connectivity index is 3.04. The molecule has 0 amide bonds. The third kappa shape index (κ3) is 2.88. The number of carboxylic acid groups (broad SMARTS) is 1. The fourth-order valence-corrected chi connectivity index (χ4v) is 3.28. The first-order chi connectivity index (χ1) is 9.51. The molecule has 0 aromatic heterocycles. The second-order valence-electron chi connectivity index (χ2n) is 4.08. The van der Waals surface area contributed by atoms with Crippen LogP contribution in [0.3, 0.4) is 0 Å². The monoisotopic (exact) mass is 332 g/mol. The van der Waals surface area contributed by atoms with Gasteiger partial charge in [0, 0.05) is 5.39 Å². The van der Waals surface area contributed by atoms with Gasteiger partial charge in [0.25, 0.3) is 20.2 Å². The second kappa shape index (κ2) is 4.77. The van der Waals surface area contributed by atoms with E-state index >= 15 is 0 Å². The topological polar surface area (TPSA) is 146 Å². The molecule has 3 N–H and O–H groups in total. The van der Waals surface area contributed by atoms with Crippen molar-refractivity contribution in [1.29, 1.82) is 0 Å². The highest BCUT2D eigenvalue weighted by molar-refractivity contribution is 7.86. The molecular formula is C11H8O8S2. The molecule has 0 radical (unpaired) electrons. The lowest BCUT2D eigenvalue weighted by Crippen LogP contribution is -2.09. The zero-order chi connectivity index (χ0) is 16.0. The minimum atomic E-state index is -4.89. The number of benzene rings is 2. The maximum atomic E-state index is 11.3. The van der Waals surface area contributed by atoms with Gasteiger partial charge in [0.15, 0.2) is 0 Å². The molecule has 2 aromatic carbocycles. The van der Waals surface area contributed by atoms with Crippen molar-refractivity contribution in [3.8, 4) is 0 Å². The maximum absolute atomic E-state index is 11.3. The maximum Gasteiger partial charge on any atom is 0.337 e. The molecule has 8 nitrogen and oxygen atoms in total. The van der Waals surface area contributed by atoms with Crippen LogP contribution < -0.4 is 0 Å². The van der Waals surface area contributed by atoms with Gasteiger partial charge in [-0.15, -0.1) is 0 Å². The van der Waals surface area contributed by atoms with E-state index in [1.165, 1.54) is 12.1 Å². The van der Waals surface area contributed by atoms with Crippen LogP contribution in [-0.2, 0) is 20.2 Å². The highest BCUT2D eigenvalue weighted by Gasteiger charge is 2.23. The van der Waals surface area contributed by atoms with E-state index in [9.17, 15) is 21.6 Å². The van der Waals surface area contributed by atoms with Crippen LogP contribution in [0.15, 0.2) is 40.1 Å². The molecule has 0 heterocycles. The number of hydrogen-bond acceptors (Lipinski definition) is 5. The predicted octanol–water partition coefficient (Wildman–Crippen LogP) is 1.03. The molecule has 0 aliphatic rings. The standard InChI is InChI=1S/C11H8O8S2/c12-11(13)8-4-6-2-1-3-9(20(14,15)16)7(6)5-10(8)21(17,18)19/h1-5H,(H,12,13)(H,14,15,16)(H,17,18,19). The summed E-state index contributed by atoms with van der Waals surface area (Å²) in [5.74, 6) is -1.61. The quantitative estimate of drug-likeness (QED) is 0.706. The second-order valence-corrected chi connectivity index (χ2v) is 6.86. The molecule has 0 saturated heterocycles. The highest BCUT2D eigenvalue weighted by Crippen LogP contribution is 2.28. The number of hydrogen-bond donors (Lipinski definition) is 3. The first kappa shape index (κ1) is 15.4. The van der Waals surface area contributed by atoms with Crippen LogP contribution in [-0.4, -0.2) is 37.0 Å². The van der Waals surface area contributed by atoms with Crippen LogP contribution in [0.25, 0.3) is 10.8 Å². The van der Waals surface area contributed by atoms with Crippen LogP contribution in [0.4, 0.5) is 0 Å². The highest BCUT2D eigenvalue weighted by atomic mass is 32.2. The number of fused-ring (bicyclic) bond motifs is 1. The molecule has 21 heavy (non-hydrogen) atoms. The molecule has 0 saturated carbocycles. The summed E-state index contributed by atoms with van der Waals surface area (Å²) in [7, 11) is -9.54. The molecule has 0 aliphatic carbocycles. The van der Waals surface area contributed by atoms with Gasteiger partial charge in [0.2, 0.25) is 0 Å². The molecule has 2 rings (SSSR count). The first-order valence-electron chi connectivity index (χ1n) is 5.27. The zero-order valence-corrected chi connectivity index (χ0v) is 11.7. The Morgan fingerprint density at radius 1 is 0.905 bits per heavy atom. The Kier molecular flexibility index (Phi) is 3.49. The normalized spacial score (nSPS) is 12.5. The van der Waals surface area contributed by atoms with Gasteiger partial charge < -0.3 is 5.11 Å². The lowest BCUT2D eigenvalue weighted by molar-refractivity contribution is 0.0692. The molecular weight excluding hydrogens is 324 g/mol. The Bertz CT molecular complexity index is 957. The number of aromatic carboxylic acids is 1. The van der Waals surface area contributed by atoms with Crippen molar-refractivity contribution in [2.24, 2.45) is 0 Å². The molecule has 10 heteroatoms. The van der Waals surface area contributed by atoms with Gasteiger partial charge in [0.1, 0.15) is 9.79 Å². The van der Waals surface area contributed by atoms with E-state index in [1.807, 2.05) is 0 Å². The minimum Gasteiger partial charge on any atom is -0.478 e. The number of carboxylic acids is 1. The van der Waals surface area contributed by atoms with Crippen molar-refractivity contribution in [3.63, 3.8) is 0 Å². The lowest BCUT2D eigenvalue weighted by Gasteiger charge is -2.08. The molecule has 0 atom stereocenters. The largest absolute Gasteiger partial charge is 0.478 e. The number of rotatable bonds is 3. The summed E-state index contributed by atoms with van der Waals surface area (Å²) in [5, 5.41) is 8.83. The fourth-order valence-electron chi connectivity index (χ4n) is 1.88. The van der Waals surface area contributed by atoms with Gasteiger partial charge in [-0.2, -0.15) is 16.8 Å². The van der Waals surface area contributed by atoms with E-state index in [4.69, 9.17) is 14.2 Å². The smallest absolute Gasteiger partial charge is 0.337 e. The SMILES string of the molecule is O=C(O)c1cc2cccc(S(=O)(=O)O)c2cc1S(=O)(=O)O. The van der Waals surface area contributed by atoms with Crippen molar-refractivity contribution in [2.75, 3.05) is 0 Å². The van der Waals surface area contributed by atoms with Crippen molar-refractivity contribution in [3.05, 3.63) is 35.9 Å². The molecule has 0 spiro atoms. The van der Waals surface area contributed by atoms with E-state index < -0.39 is 41.6 Å². The molecule has 0 bridgehead atoms. The van der Waals surface area contributed by atoms with Crippen LogP contribution in [0.1, 0.15) is 10.4 Å². The number of carbonyl (C=O) groups is 1. The van der Waals surface area contributed by atoms with Crippen molar-refractivity contribution < 1.29 is 35.8 Å². The minimum absolute atomic E-state index is 0.0786. The van der Waals surface area contributed by atoms with Crippen molar-refractivity contribution in [2.45, 2.75) is 9.79 Å².